The SMILES string of the molecule is CCCC1(S(=O)(=O)NC(=O)[C@@]23C[C@H]2C=C=CCCCCC[C@H](CC(=O)OC(C)(C)C)C(=O)N2C[C@H](OC(=O)N4Cc5ccccc5C4)C[C@H]2C(=O)N3)CC1. The Balaban J connectivity index is 1.27. The number of carbonyl (C=O) groups is 5. The highest BCUT2D eigenvalue weighted by Gasteiger charge is 2.64. The smallest absolute Gasteiger partial charge is 0.410 e. The van der Waals surface area contributed by atoms with Crippen molar-refractivity contribution in [1.82, 2.24) is 19.8 Å². The zero-order valence-electron chi connectivity index (χ0n) is 31.9. The minimum Gasteiger partial charge on any atom is -0.460 e. The molecule has 2 N–H and O–H groups in total. The first-order chi connectivity index (χ1) is 25.6. The van der Waals surface area contributed by atoms with Gasteiger partial charge in [-0.15, -0.1) is 5.73 Å². The summed E-state index contributed by atoms with van der Waals surface area (Å²) in [5, 5.41) is 2.86. The summed E-state index contributed by atoms with van der Waals surface area (Å²) >= 11 is 0. The fraction of sp³-hybridized carbons (Fsp3) is 0.650. The van der Waals surface area contributed by atoms with E-state index in [9.17, 15) is 32.4 Å². The molecular weight excluding hydrogens is 713 g/mol. The third kappa shape index (κ3) is 8.70. The molecule has 14 heteroatoms. The van der Waals surface area contributed by atoms with E-state index in [2.05, 4.69) is 15.8 Å². The van der Waals surface area contributed by atoms with Gasteiger partial charge in [-0.3, -0.25) is 28.8 Å². The summed E-state index contributed by atoms with van der Waals surface area (Å²) in [6, 6.07) is 6.56. The molecule has 3 aliphatic heterocycles. The number of rotatable bonds is 8. The van der Waals surface area contributed by atoms with E-state index in [0.29, 0.717) is 58.0 Å². The highest BCUT2D eigenvalue weighted by atomic mass is 32.2. The number of hydrogen-bond acceptors (Lipinski definition) is 9. The summed E-state index contributed by atoms with van der Waals surface area (Å²) in [4.78, 5) is 72.3. The molecule has 0 radical (unpaired) electrons. The Kier molecular flexibility index (Phi) is 11.4. The maximum atomic E-state index is 14.5. The van der Waals surface area contributed by atoms with Gasteiger partial charge in [-0.25, -0.2) is 13.2 Å². The molecule has 1 saturated heterocycles. The zero-order chi connectivity index (χ0) is 38.9. The van der Waals surface area contributed by atoms with Gasteiger partial charge in [-0.1, -0.05) is 50.5 Å². The number of amides is 4. The van der Waals surface area contributed by atoms with Crippen LogP contribution in [0.4, 0.5) is 4.79 Å². The van der Waals surface area contributed by atoms with E-state index in [4.69, 9.17) is 9.47 Å². The van der Waals surface area contributed by atoms with Crippen molar-refractivity contribution in [3.05, 3.63) is 53.3 Å². The van der Waals surface area contributed by atoms with Gasteiger partial charge in [0, 0.05) is 31.3 Å². The Morgan fingerprint density at radius 1 is 1.06 bits per heavy atom. The number of fused-ring (bicyclic) bond motifs is 3. The molecule has 6 rings (SSSR count). The van der Waals surface area contributed by atoms with Gasteiger partial charge in [0.25, 0.3) is 5.91 Å². The lowest BCUT2D eigenvalue weighted by molar-refractivity contribution is -0.159. The van der Waals surface area contributed by atoms with E-state index in [1.165, 1.54) is 4.90 Å². The van der Waals surface area contributed by atoms with Gasteiger partial charge in [0.15, 0.2) is 0 Å². The van der Waals surface area contributed by atoms with Crippen LogP contribution in [0.1, 0.15) is 116 Å². The number of sulfonamides is 1. The van der Waals surface area contributed by atoms with Crippen molar-refractivity contribution in [1.29, 1.82) is 0 Å². The van der Waals surface area contributed by atoms with Crippen LogP contribution >= 0.6 is 0 Å². The summed E-state index contributed by atoms with van der Waals surface area (Å²) < 4.78 is 39.8. The van der Waals surface area contributed by atoms with Crippen LogP contribution in [-0.4, -0.2) is 82.6 Å². The Hall–Kier alpha value is -4.16. The average molecular weight is 767 g/mol. The number of benzene rings is 1. The first-order valence-corrected chi connectivity index (χ1v) is 20.9. The van der Waals surface area contributed by atoms with E-state index in [0.717, 1.165) is 24.0 Å². The lowest BCUT2D eigenvalue weighted by atomic mass is 9.95. The molecule has 2 aliphatic carbocycles. The molecule has 3 heterocycles. The summed E-state index contributed by atoms with van der Waals surface area (Å²) in [5.41, 5.74) is 2.82. The van der Waals surface area contributed by atoms with Gasteiger partial charge in [0.2, 0.25) is 21.8 Å². The summed E-state index contributed by atoms with van der Waals surface area (Å²) in [6.07, 6.45) is 7.36. The summed E-state index contributed by atoms with van der Waals surface area (Å²) in [6.45, 7) is 7.81. The molecule has 5 aliphatic rings. The maximum absolute atomic E-state index is 14.5. The van der Waals surface area contributed by atoms with Crippen LogP contribution in [0.25, 0.3) is 0 Å². The van der Waals surface area contributed by atoms with E-state index >= 15 is 0 Å². The number of ether oxygens (including phenoxy) is 2. The first-order valence-electron chi connectivity index (χ1n) is 19.4. The first kappa shape index (κ1) is 39.5. The van der Waals surface area contributed by atoms with E-state index < -0.39 is 79.7 Å². The molecule has 294 valence electrons. The molecule has 54 heavy (non-hydrogen) atoms. The van der Waals surface area contributed by atoms with Crippen molar-refractivity contribution in [2.24, 2.45) is 11.8 Å². The van der Waals surface area contributed by atoms with Gasteiger partial charge in [0.1, 0.15) is 23.3 Å². The fourth-order valence-corrected chi connectivity index (χ4v) is 9.85. The van der Waals surface area contributed by atoms with E-state index in [1.54, 1.807) is 31.7 Å². The fourth-order valence-electron chi connectivity index (χ4n) is 8.09. The van der Waals surface area contributed by atoms with Crippen LogP contribution < -0.4 is 10.0 Å². The Morgan fingerprint density at radius 2 is 1.76 bits per heavy atom. The molecule has 13 nitrogen and oxygen atoms in total. The van der Waals surface area contributed by atoms with Crippen LogP contribution in [0.2, 0.25) is 0 Å². The summed E-state index contributed by atoms with van der Waals surface area (Å²) in [5.74, 6) is -3.79. The van der Waals surface area contributed by atoms with Gasteiger partial charge in [0.05, 0.1) is 17.7 Å². The largest absolute Gasteiger partial charge is 0.460 e. The average Bonchev–Trinajstić information content (AvgIpc) is 3.92. The van der Waals surface area contributed by atoms with E-state index in [1.807, 2.05) is 37.3 Å². The van der Waals surface area contributed by atoms with Gasteiger partial charge >= 0.3 is 12.1 Å². The Bertz CT molecular complexity index is 1800. The second-order valence-corrected chi connectivity index (χ2v) is 18.8. The van der Waals surface area contributed by atoms with Crippen molar-refractivity contribution >= 4 is 39.8 Å². The maximum Gasteiger partial charge on any atom is 0.410 e. The Labute approximate surface area is 318 Å². The zero-order valence-corrected chi connectivity index (χ0v) is 32.7. The molecule has 0 aromatic heterocycles. The normalized spacial score (nSPS) is 28.0. The van der Waals surface area contributed by atoms with Crippen molar-refractivity contribution in [3.8, 4) is 0 Å². The second kappa shape index (κ2) is 15.5. The van der Waals surface area contributed by atoms with Crippen LogP contribution in [0.5, 0.6) is 0 Å². The highest BCUT2D eigenvalue weighted by molar-refractivity contribution is 7.91. The number of nitrogens with one attached hydrogen (secondary N) is 2. The quantitative estimate of drug-likeness (QED) is 0.279. The van der Waals surface area contributed by atoms with Crippen molar-refractivity contribution in [2.75, 3.05) is 6.54 Å². The molecule has 0 unspecified atom stereocenters. The molecule has 1 aromatic rings. The molecule has 4 amide bonds. The van der Waals surface area contributed by atoms with Gasteiger partial charge in [-0.2, -0.15) is 0 Å². The van der Waals surface area contributed by atoms with Crippen molar-refractivity contribution < 1.29 is 41.9 Å². The third-order valence-electron chi connectivity index (χ3n) is 11.3. The predicted octanol–water partition coefficient (Wildman–Crippen LogP) is 4.79. The van der Waals surface area contributed by atoms with Gasteiger partial charge in [-0.05, 0) is 89.0 Å². The van der Waals surface area contributed by atoms with Crippen LogP contribution in [0.15, 0.2) is 42.1 Å². The number of esters is 1. The Morgan fingerprint density at radius 3 is 2.41 bits per heavy atom. The molecular formula is C40H54N4O9S. The number of hydrogen-bond donors (Lipinski definition) is 2. The monoisotopic (exact) mass is 766 g/mol. The lowest BCUT2D eigenvalue weighted by Gasteiger charge is -2.30. The minimum absolute atomic E-state index is 0.0424. The third-order valence-corrected chi connectivity index (χ3v) is 13.5. The predicted molar refractivity (Wildman–Crippen MR) is 199 cm³/mol. The summed E-state index contributed by atoms with van der Waals surface area (Å²) in [7, 11) is -4.03. The minimum atomic E-state index is -4.03. The lowest BCUT2D eigenvalue weighted by Crippen LogP contribution is -2.57. The standard InChI is InChI=1S/C40H54N4O9S/c1-5-18-39(19-20-39)54(50,51)42-36(48)40-23-30(40)17-11-9-7-6-8-10-14-27(21-33(45)53-38(2,3)4)35(47)44-26-31(22-32(44)34(46)41-40)52-37(49)43-24-28-15-12-13-16-29(28)25-43/h9,12-13,15-17,27,30-32H,5-8,10,14,18-26H2,1-4H3,(H,41,46)(H,42,48)/t11?,27-,30-,31-,32+,40-/m1/s1. The number of carbonyl (C=O) groups excluding carboxylic acids is 5. The van der Waals surface area contributed by atoms with Crippen molar-refractivity contribution in [3.63, 3.8) is 0 Å². The van der Waals surface area contributed by atoms with Crippen LogP contribution in [0, 0.1) is 11.8 Å². The molecule has 1 aromatic carbocycles. The van der Waals surface area contributed by atoms with E-state index in [-0.39, 0.29) is 25.8 Å². The topological polar surface area (TPSA) is 168 Å². The van der Waals surface area contributed by atoms with Crippen LogP contribution in [-0.2, 0) is 51.8 Å². The molecule has 2 saturated carbocycles. The second-order valence-electron chi connectivity index (χ2n) is 16.7. The molecule has 0 bridgehead atoms. The van der Waals surface area contributed by atoms with Crippen molar-refractivity contribution in [2.45, 2.75) is 146 Å². The number of nitrogens with zero attached hydrogens (tertiary/aromatic N) is 2. The van der Waals surface area contributed by atoms with Gasteiger partial charge < -0.3 is 19.7 Å². The van der Waals surface area contributed by atoms with Crippen LogP contribution in [0.3, 0.4) is 0 Å². The molecule has 0 spiro atoms. The highest BCUT2D eigenvalue weighted by Crippen LogP contribution is 2.49. The molecule has 3 fully saturated rings. The molecule has 5 atom stereocenters.